The topological polar surface area (TPSA) is 54.6 Å². The normalized spacial score (nSPS) is 28.7. The lowest BCUT2D eigenvalue weighted by molar-refractivity contribution is -0.0970. The number of benzene rings is 1. The van der Waals surface area contributed by atoms with Crippen molar-refractivity contribution < 1.29 is 14.3 Å². The highest BCUT2D eigenvalue weighted by Crippen LogP contribution is 2.29. The Labute approximate surface area is 129 Å². The van der Waals surface area contributed by atoms with Crippen LogP contribution in [-0.2, 0) is 9.47 Å². The summed E-state index contributed by atoms with van der Waals surface area (Å²) in [7, 11) is 2.13. The fourth-order valence-electron chi connectivity index (χ4n) is 3.60. The first-order valence-electron chi connectivity index (χ1n) is 7.79. The third-order valence-electron chi connectivity index (χ3n) is 4.93. The standard InChI is InChI=1S/C17H20N2O3/c1-19-11-6-13(7-12(19)10-21-9-11)22-17(20)15-8-18-16-5-3-2-4-14(15)16/h2-5,8,11-13,18H,6-7,9-10H2,1H3/t11-,12+,13?. The largest absolute Gasteiger partial charge is 0.459 e. The molecule has 0 aliphatic carbocycles. The van der Waals surface area contributed by atoms with Crippen LogP contribution in [0.25, 0.3) is 10.9 Å². The first-order chi connectivity index (χ1) is 10.7. The van der Waals surface area contributed by atoms with Crippen molar-refractivity contribution in [3.63, 3.8) is 0 Å². The first-order valence-corrected chi connectivity index (χ1v) is 7.79. The highest BCUT2D eigenvalue weighted by Gasteiger charge is 2.38. The van der Waals surface area contributed by atoms with Crippen LogP contribution in [0.3, 0.4) is 0 Å². The van der Waals surface area contributed by atoms with Crippen molar-refractivity contribution in [2.75, 3.05) is 20.3 Å². The lowest BCUT2D eigenvalue weighted by Crippen LogP contribution is -2.56. The van der Waals surface area contributed by atoms with E-state index in [0.29, 0.717) is 17.6 Å². The van der Waals surface area contributed by atoms with Gasteiger partial charge in [-0.3, -0.25) is 4.90 Å². The van der Waals surface area contributed by atoms with Gasteiger partial charge in [0.25, 0.3) is 0 Å². The molecule has 2 saturated heterocycles. The minimum absolute atomic E-state index is 0.0173. The number of likely N-dealkylation sites (N-methyl/N-ethyl adjacent to an activating group) is 1. The fourth-order valence-corrected chi connectivity index (χ4v) is 3.60. The maximum absolute atomic E-state index is 12.5. The van der Waals surface area contributed by atoms with Crippen molar-refractivity contribution >= 4 is 16.9 Å². The van der Waals surface area contributed by atoms with E-state index >= 15 is 0 Å². The number of nitrogens with zero attached hydrogens (tertiary/aromatic N) is 1. The molecule has 116 valence electrons. The molecule has 2 aromatic rings. The summed E-state index contributed by atoms with van der Waals surface area (Å²) < 4.78 is 11.4. The second-order valence-electron chi connectivity index (χ2n) is 6.26. The Bertz CT molecular complexity index is 682. The van der Waals surface area contributed by atoms with E-state index in [0.717, 1.165) is 37.0 Å². The molecule has 0 radical (unpaired) electrons. The summed E-state index contributed by atoms with van der Waals surface area (Å²) >= 11 is 0. The number of para-hydroxylation sites is 1. The molecule has 1 unspecified atom stereocenters. The van der Waals surface area contributed by atoms with Crippen molar-refractivity contribution in [3.8, 4) is 0 Å². The molecule has 4 rings (SSSR count). The average Bonchev–Trinajstić information content (AvgIpc) is 2.92. The minimum atomic E-state index is -0.231. The van der Waals surface area contributed by atoms with Crippen molar-refractivity contribution in [2.45, 2.75) is 31.0 Å². The number of hydrogen-bond donors (Lipinski definition) is 1. The number of hydrogen-bond acceptors (Lipinski definition) is 4. The van der Waals surface area contributed by atoms with Crippen LogP contribution in [0.15, 0.2) is 30.5 Å². The number of fused-ring (bicyclic) bond motifs is 3. The van der Waals surface area contributed by atoms with Crippen molar-refractivity contribution in [2.24, 2.45) is 0 Å². The van der Waals surface area contributed by atoms with E-state index in [1.54, 1.807) is 6.20 Å². The number of carbonyl (C=O) groups excluding carboxylic acids is 1. The molecule has 0 spiro atoms. The van der Waals surface area contributed by atoms with Crippen LogP contribution in [0.4, 0.5) is 0 Å². The first kappa shape index (κ1) is 13.8. The van der Waals surface area contributed by atoms with Gasteiger partial charge in [0.15, 0.2) is 0 Å². The van der Waals surface area contributed by atoms with E-state index < -0.39 is 0 Å². The predicted molar refractivity (Wildman–Crippen MR) is 82.9 cm³/mol. The summed E-state index contributed by atoms with van der Waals surface area (Å²) in [4.78, 5) is 18.0. The molecule has 0 amide bonds. The van der Waals surface area contributed by atoms with Crippen LogP contribution in [-0.4, -0.2) is 54.3 Å². The van der Waals surface area contributed by atoms with E-state index in [2.05, 4.69) is 16.9 Å². The van der Waals surface area contributed by atoms with E-state index in [-0.39, 0.29) is 12.1 Å². The molecule has 22 heavy (non-hydrogen) atoms. The predicted octanol–water partition coefficient (Wildman–Crippen LogP) is 2.19. The molecule has 3 heterocycles. The van der Waals surface area contributed by atoms with Gasteiger partial charge in [0.1, 0.15) is 6.10 Å². The molecule has 1 aromatic heterocycles. The maximum atomic E-state index is 12.5. The van der Waals surface area contributed by atoms with Gasteiger partial charge in [0, 0.05) is 42.0 Å². The zero-order valence-electron chi connectivity index (χ0n) is 12.6. The van der Waals surface area contributed by atoms with E-state index in [9.17, 15) is 4.79 Å². The minimum Gasteiger partial charge on any atom is -0.459 e. The SMILES string of the molecule is CN1[C@@H]2COC[C@H]1CC(OC(=O)c1c[nH]c3ccccc13)C2. The van der Waals surface area contributed by atoms with Gasteiger partial charge in [-0.1, -0.05) is 18.2 Å². The van der Waals surface area contributed by atoms with Gasteiger partial charge in [0.05, 0.1) is 18.8 Å². The number of esters is 1. The number of aromatic nitrogens is 1. The molecule has 2 bridgehead atoms. The highest BCUT2D eigenvalue weighted by molar-refractivity contribution is 6.04. The van der Waals surface area contributed by atoms with E-state index in [1.165, 1.54) is 0 Å². The van der Waals surface area contributed by atoms with Crippen LogP contribution in [0.2, 0.25) is 0 Å². The molecule has 2 aliphatic heterocycles. The Balaban J connectivity index is 1.50. The second kappa shape index (κ2) is 5.41. The fraction of sp³-hybridized carbons (Fsp3) is 0.471. The number of aromatic amines is 1. The van der Waals surface area contributed by atoms with Crippen LogP contribution >= 0.6 is 0 Å². The molecule has 3 atom stereocenters. The lowest BCUT2D eigenvalue weighted by Gasteiger charge is -2.46. The highest BCUT2D eigenvalue weighted by atomic mass is 16.5. The Morgan fingerprint density at radius 1 is 1.27 bits per heavy atom. The zero-order valence-corrected chi connectivity index (χ0v) is 12.6. The van der Waals surface area contributed by atoms with Gasteiger partial charge < -0.3 is 14.5 Å². The Morgan fingerprint density at radius 3 is 2.77 bits per heavy atom. The third-order valence-corrected chi connectivity index (χ3v) is 4.93. The molecule has 0 saturated carbocycles. The van der Waals surface area contributed by atoms with Crippen molar-refractivity contribution in [3.05, 3.63) is 36.0 Å². The van der Waals surface area contributed by atoms with E-state index in [4.69, 9.17) is 9.47 Å². The molecular formula is C17H20N2O3. The summed E-state index contributed by atoms with van der Waals surface area (Å²) in [6.45, 7) is 1.46. The second-order valence-corrected chi connectivity index (χ2v) is 6.26. The number of piperidine rings is 1. The Kier molecular flexibility index (Phi) is 3.39. The zero-order chi connectivity index (χ0) is 15.1. The van der Waals surface area contributed by atoms with Crippen LogP contribution in [0, 0.1) is 0 Å². The Hall–Kier alpha value is -1.85. The number of morpholine rings is 1. The monoisotopic (exact) mass is 300 g/mol. The summed E-state index contributed by atoms with van der Waals surface area (Å²) in [5.41, 5.74) is 1.58. The van der Waals surface area contributed by atoms with Crippen molar-refractivity contribution in [1.82, 2.24) is 9.88 Å². The van der Waals surface area contributed by atoms with Crippen LogP contribution in [0.1, 0.15) is 23.2 Å². The average molecular weight is 300 g/mol. The lowest BCUT2D eigenvalue weighted by atomic mass is 9.92. The van der Waals surface area contributed by atoms with Gasteiger partial charge in [-0.05, 0) is 13.1 Å². The van der Waals surface area contributed by atoms with Crippen LogP contribution < -0.4 is 0 Å². The number of carbonyl (C=O) groups is 1. The molecular weight excluding hydrogens is 280 g/mol. The summed E-state index contributed by atoms with van der Waals surface area (Å²) in [6.07, 6.45) is 3.42. The molecule has 5 heteroatoms. The number of rotatable bonds is 2. The smallest absolute Gasteiger partial charge is 0.340 e. The number of ether oxygens (including phenoxy) is 2. The molecule has 2 aliphatic rings. The third kappa shape index (κ3) is 2.30. The van der Waals surface area contributed by atoms with Crippen molar-refractivity contribution in [1.29, 1.82) is 0 Å². The van der Waals surface area contributed by atoms with Gasteiger partial charge in [0.2, 0.25) is 0 Å². The number of H-pyrrole nitrogens is 1. The quantitative estimate of drug-likeness (QED) is 0.864. The molecule has 5 nitrogen and oxygen atoms in total. The van der Waals surface area contributed by atoms with Gasteiger partial charge >= 0.3 is 5.97 Å². The van der Waals surface area contributed by atoms with Gasteiger partial charge in [-0.2, -0.15) is 0 Å². The summed E-state index contributed by atoms with van der Waals surface area (Å²) in [5, 5.41) is 0.920. The summed E-state index contributed by atoms with van der Waals surface area (Å²) in [5.74, 6) is -0.231. The molecule has 1 N–H and O–H groups in total. The van der Waals surface area contributed by atoms with Gasteiger partial charge in [-0.15, -0.1) is 0 Å². The molecule has 1 aromatic carbocycles. The number of nitrogens with one attached hydrogen (secondary N) is 1. The summed E-state index contributed by atoms with van der Waals surface area (Å²) in [6, 6.07) is 8.50. The molecule has 2 fully saturated rings. The maximum Gasteiger partial charge on any atom is 0.340 e. The van der Waals surface area contributed by atoms with E-state index in [1.807, 2.05) is 24.3 Å². The van der Waals surface area contributed by atoms with Gasteiger partial charge in [-0.25, -0.2) is 4.79 Å². The Morgan fingerprint density at radius 2 is 2.00 bits per heavy atom. The van der Waals surface area contributed by atoms with Crippen LogP contribution in [0.5, 0.6) is 0 Å².